The topological polar surface area (TPSA) is 12.9 Å². The van der Waals surface area contributed by atoms with Crippen molar-refractivity contribution < 1.29 is 0 Å². The van der Waals surface area contributed by atoms with Crippen molar-refractivity contribution in [3.8, 4) is 11.8 Å². The molecule has 1 aromatic heterocycles. The van der Waals surface area contributed by atoms with E-state index in [-0.39, 0.29) is 0 Å². The summed E-state index contributed by atoms with van der Waals surface area (Å²) in [6.07, 6.45) is 1.79. The zero-order valence-corrected chi connectivity index (χ0v) is 7.76. The summed E-state index contributed by atoms with van der Waals surface area (Å²) in [5, 5.41) is 0. The molecule has 1 nitrogen and oxygen atoms in total. The molecule has 0 spiro atoms. The van der Waals surface area contributed by atoms with Crippen molar-refractivity contribution in [2.45, 2.75) is 20.8 Å². The van der Waals surface area contributed by atoms with E-state index in [1.54, 1.807) is 6.20 Å². The summed E-state index contributed by atoms with van der Waals surface area (Å²) in [5.41, 5.74) is 2.07. The molecule has 0 unspecified atom stereocenters. The van der Waals surface area contributed by atoms with Gasteiger partial charge in [0.1, 0.15) is 0 Å². The smallest absolute Gasteiger partial charge is 0.0385 e. The molecule has 0 bridgehead atoms. The molecule has 0 fully saturated rings. The highest BCUT2D eigenvalue weighted by atomic mass is 14.6. The number of aryl methyl sites for hydroxylation is 1. The van der Waals surface area contributed by atoms with Crippen LogP contribution in [0.5, 0.6) is 0 Å². The minimum absolute atomic E-state index is 0.429. The van der Waals surface area contributed by atoms with Crippen LogP contribution < -0.4 is 0 Å². The van der Waals surface area contributed by atoms with E-state index in [2.05, 4.69) is 30.7 Å². The van der Waals surface area contributed by atoms with Crippen molar-refractivity contribution in [1.29, 1.82) is 0 Å². The van der Waals surface area contributed by atoms with Crippen molar-refractivity contribution in [3.05, 3.63) is 29.6 Å². The van der Waals surface area contributed by atoms with Crippen LogP contribution in [-0.2, 0) is 0 Å². The van der Waals surface area contributed by atoms with Gasteiger partial charge in [-0.2, -0.15) is 0 Å². The van der Waals surface area contributed by atoms with E-state index in [4.69, 9.17) is 0 Å². The van der Waals surface area contributed by atoms with E-state index in [0.717, 1.165) is 11.3 Å². The molecule has 0 aromatic carbocycles. The van der Waals surface area contributed by atoms with Crippen molar-refractivity contribution in [2.24, 2.45) is 5.92 Å². The third kappa shape index (κ3) is 2.75. The predicted octanol–water partition coefficient (Wildman–Crippen LogP) is 2.40. The van der Waals surface area contributed by atoms with Crippen LogP contribution in [0.1, 0.15) is 25.1 Å². The fourth-order valence-corrected chi connectivity index (χ4v) is 0.851. The summed E-state index contributed by atoms with van der Waals surface area (Å²) in [6, 6.07) is 3.93. The molecule has 0 saturated heterocycles. The minimum atomic E-state index is 0.429. The van der Waals surface area contributed by atoms with Gasteiger partial charge in [-0.1, -0.05) is 25.7 Å². The highest BCUT2D eigenvalue weighted by Crippen LogP contribution is 1.98. The van der Waals surface area contributed by atoms with Gasteiger partial charge >= 0.3 is 0 Å². The Bertz CT molecular complexity index is 315. The first-order valence-electron chi connectivity index (χ1n) is 4.12. The number of rotatable bonds is 0. The first-order valence-corrected chi connectivity index (χ1v) is 4.12. The van der Waals surface area contributed by atoms with Crippen LogP contribution in [0.3, 0.4) is 0 Å². The van der Waals surface area contributed by atoms with E-state index >= 15 is 0 Å². The molecule has 0 aliphatic rings. The lowest BCUT2D eigenvalue weighted by Gasteiger charge is -1.92. The van der Waals surface area contributed by atoms with Gasteiger partial charge in [0.05, 0.1) is 0 Å². The second-order valence-corrected chi connectivity index (χ2v) is 3.11. The number of nitrogens with zero attached hydrogens (tertiary/aromatic N) is 1. The quantitative estimate of drug-likeness (QED) is 0.530. The summed E-state index contributed by atoms with van der Waals surface area (Å²) < 4.78 is 0. The second kappa shape index (κ2) is 3.92. The van der Waals surface area contributed by atoms with Crippen LogP contribution >= 0.6 is 0 Å². The molecule has 0 radical (unpaired) electrons. The maximum absolute atomic E-state index is 4.10. The highest BCUT2D eigenvalue weighted by molar-refractivity contribution is 5.34. The van der Waals surface area contributed by atoms with Crippen LogP contribution in [0, 0.1) is 24.7 Å². The second-order valence-electron chi connectivity index (χ2n) is 3.11. The summed E-state index contributed by atoms with van der Waals surface area (Å²) >= 11 is 0. The Balaban J connectivity index is 2.85. The van der Waals surface area contributed by atoms with E-state index in [1.165, 1.54) is 0 Å². The molecular formula is C11H13N. The lowest BCUT2D eigenvalue weighted by Crippen LogP contribution is -1.83. The fourth-order valence-electron chi connectivity index (χ4n) is 0.851. The molecule has 0 N–H and O–H groups in total. The van der Waals surface area contributed by atoms with E-state index in [1.807, 2.05) is 19.1 Å². The zero-order chi connectivity index (χ0) is 8.97. The van der Waals surface area contributed by atoms with E-state index in [9.17, 15) is 0 Å². The van der Waals surface area contributed by atoms with E-state index in [0.29, 0.717) is 5.92 Å². The molecule has 1 heterocycles. The number of pyridine rings is 1. The van der Waals surface area contributed by atoms with Crippen molar-refractivity contribution >= 4 is 0 Å². The minimum Gasteiger partial charge on any atom is -0.262 e. The molecular weight excluding hydrogens is 146 g/mol. The van der Waals surface area contributed by atoms with Gasteiger partial charge in [0.2, 0.25) is 0 Å². The van der Waals surface area contributed by atoms with Crippen LogP contribution in [0.15, 0.2) is 18.3 Å². The monoisotopic (exact) mass is 159 g/mol. The molecule has 1 rings (SSSR count). The van der Waals surface area contributed by atoms with Crippen molar-refractivity contribution in [1.82, 2.24) is 4.98 Å². The molecule has 12 heavy (non-hydrogen) atoms. The van der Waals surface area contributed by atoms with Crippen LogP contribution in [0.25, 0.3) is 0 Å². The number of hydrogen-bond donors (Lipinski definition) is 0. The van der Waals surface area contributed by atoms with Gasteiger partial charge in [-0.25, -0.2) is 0 Å². The predicted molar refractivity (Wildman–Crippen MR) is 50.7 cm³/mol. The van der Waals surface area contributed by atoms with Gasteiger partial charge in [0.15, 0.2) is 0 Å². The number of hydrogen-bond acceptors (Lipinski definition) is 1. The summed E-state index contributed by atoms with van der Waals surface area (Å²) in [6.45, 7) is 6.14. The first kappa shape index (κ1) is 8.80. The van der Waals surface area contributed by atoms with Crippen LogP contribution in [-0.4, -0.2) is 4.98 Å². The molecule has 0 aliphatic carbocycles. The van der Waals surface area contributed by atoms with Gasteiger partial charge < -0.3 is 0 Å². The normalized spacial score (nSPS) is 9.33. The lowest BCUT2D eigenvalue weighted by atomic mass is 10.2. The Morgan fingerprint density at radius 1 is 1.42 bits per heavy atom. The Morgan fingerprint density at radius 3 is 2.75 bits per heavy atom. The first-order chi connectivity index (χ1) is 5.68. The summed E-state index contributed by atoms with van der Waals surface area (Å²) in [4.78, 5) is 4.10. The lowest BCUT2D eigenvalue weighted by molar-refractivity contribution is 0.866. The Labute approximate surface area is 73.8 Å². The average molecular weight is 159 g/mol. The van der Waals surface area contributed by atoms with Crippen molar-refractivity contribution in [2.75, 3.05) is 0 Å². The molecule has 1 aromatic rings. The van der Waals surface area contributed by atoms with Crippen LogP contribution in [0.2, 0.25) is 0 Å². The Hall–Kier alpha value is -1.29. The molecule has 1 heteroatoms. The van der Waals surface area contributed by atoms with Gasteiger partial charge in [0, 0.05) is 23.4 Å². The largest absolute Gasteiger partial charge is 0.262 e. The van der Waals surface area contributed by atoms with Gasteiger partial charge in [-0.3, -0.25) is 4.98 Å². The molecule has 0 atom stereocenters. The van der Waals surface area contributed by atoms with Crippen molar-refractivity contribution in [3.63, 3.8) is 0 Å². The average Bonchev–Trinajstić information content (AvgIpc) is 2.01. The van der Waals surface area contributed by atoms with Gasteiger partial charge in [0.25, 0.3) is 0 Å². The zero-order valence-electron chi connectivity index (χ0n) is 7.76. The molecule has 0 saturated carbocycles. The molecule has 0 amide bonds. The molecule has 62 valence electrons. The van der Waals surface area contributed by atoms with Gasteiger partial charge in [-0.05, 0) is 19.1 Å². The van der Waals surface area contributed by atoms with Crippen LogP contribution in [0.4, 0.5) is 0 Å². The summed E-state index contributed by atoms with van der Waals surface area (Å²) in [7, 11) is 0. The number of aromatic nitrogens is 1. The Kier molecular flexibility index (Phi) is 2.88. The van der Waals surface area contributed by atoms with E-state index < -0.39 is 0 Å². The Morgan fingerprint density at radius 2 is 2.17 bits per heavy atom. The summed E-state index contributed by atoms with van der Waals surface area (Å²) in [5.74, 6) is 6.64. The van der Waals surface area contributed by atoms with Gasteiger partial charge in [-0.15, -0.1) is 0 Å². The highest BCUT2D eigenvalue weighted by Gasteiger charge is 1.88. The standard InChI is InChI=1S/C11H13N/c1-9(2)4-5-11-6-7-12-10(3)8-11/h6-9H,1-3H3. The maximum atomic E-state index is 4.10. The molecule has 0 aliphatic heterocycles. The fraction of sp³-hybridized carbons (Fsp3) is 0.364. The third-order valence-electron chi connectivity index (χ3n) is 1.40. The maximum Gasteiger partial charge on any atom is 0.0385 e. The SMILES string of the molecule is Cc1cc(C#CC(C)C)ccn1. The third-order valence-corrected chi connectivity index (χ3v) is 1.40.